The van der Waals surface area contributed by atoms with E-state index in [2.05, 4.69) is 43.0 Å². The van der Waals surface area contributed by atoms with Gasteiger partial charge in [-0.15, -0.1) is 0 Å². The number of morpholine rings is 1. The number of aliphatic hydroxyl groups is 1. The Kier molecular flexibility index (Phi) is 9.43. The number of rotatable bonds is 10. The van der Waals surface area contributed by atoms with Crippen LogP contribution < -0.4 is 30.3 Å². The van der Waals surface area contributed by atoms with Gasteiger partial charge in [-0.2, -0.15) is 4.98 Å². The third-order valence-corrected chi connectivity index (χ3v) is 7.69. The van der Waals surface area contributed by atoms with Gasteiger partial charge in [-0.25, -0.2) is 4.98 Å². The van der Waals surface area contributed by atoms with Crippen molar-refractivity contribution in [2.24, 2.45) is 0 Å². The molecule has 1 aliphatic carbocycles. The van der Waals surface area contributed by atoms with E-state index in [1.165, 1.54) is 11.1 Å². The average molecular weight is 569 g/mol. The van der Waals surface area contributed by atoms with Gasteiger partial charge >= 0.3 is 0 Å². The number of anilines is 5. The van der Waals surface area contributed by atoms with E-state index >= 15 is 0 Å². The fourth-order valence-corrected chi connectivity index (χ4v) is 5.48. The molecule has 40 heavy (non-hydrogen) atoms. The zero-order valence-electron chi connectivity index (χ0n) is 23.0. The topological polar surface area (TPSA) is 113 Å². The molecule has 2 aromatic carbocycles. The van der Waals surface area contributed by atoms with Crippen molar-refractivity contribution in [3.05, 3.63) is 52.7 Å². The molecule has 214 valence electrons. The van der Waals surface area contributed by atoms with Crippen molar-refractivity contribution in [1.82, 2.24) is 15.3 Å². The fraction of sp³-hybridized carbons (Fsp3) is 0.448. The Balaban J connectivity index is 1.34. The second-order valence-electron chi connectivity index (χ2n) is 9.86. The van der Waals surface area contributed by atoms with E-state index in [0.717, 1.165) is 61.6 Å². The molecule has 10 nitrogen and oxygen atoms in total. The van der Waals surface area contributed by atoms with Crippen LogP contribution in [-0.4, -0.2) is 74.8 Å². The highest BCUT2D eigenvalue weighted by Crippen LogP contribution is 2.38. The summed E-state index contributed by atoms with van der Waals surface area (Å²) in [6, 6.07) is 10.5. The first-order chi connectivity index (χ1) is 19.6. The fourth-order valence-electron chi connectivity index (χ4n) is 5.34. The van der Waals surface area contributed by atoms with Crippen LogP contribution in [0.1, 0.15) is 24.0 Å². The van der Waals surface area contributed by atoms with Gasteiger partial charge in [0.15, 0.2) is 5.82 Å². The molecule has 0 spiro atoms. The van der Waals surface area contributed by atoms with Crippen LogP contribution in [0.5, 0.6) is 11.5 Å². The quantitative estimate of drug-likeness (QED) is 0.264. The molecule has 0 saturated carbocycles. The van der Waals surface area contributed by atoms with E-state index in [9.17, 15) is 5.11 Å². The predicted molar refractivity (Wildman–Crippen MR) is 158 cm³/mol. The van der Waals surface area contributed by atoms with E-state index in [1.54, 1.807) is 20.4 Å². The van der Waals surface area contributed by atoms with Gasteiger partial charge in [0.05, 0.1) is 51.6 Å². The van der Waals surface area contributed by atoms with E-state index in [4.69, 9.17) is 25.8 Å². The summed E-state index contributed by atoms with van der Waals surface area (Å²) in [5.74, 6) is 2.34. The van der Waals surface area contributed by atoms with Gasteiger partial charge in [-0.05, 0) is 55.0 Å². The van der Waals surface area contributed by atoms with Crippen LogP contribution in [0.2, 0.25) is 5.02 Å². The standard InChI is InChI=1S/C29H37ClN6O4/c1-38-26-17-21(36-12-15-40-16-13-36)7-10-24(26)33-28-23(30)18-32-29(35-28)34-25-9-4-19-3-5-20(31-11-14-37)6-8-22(19)27(25)39-2/h4,7,9-10,17-18,20,31,37H,3,5-6,8,11-16H2,1-2H3,(H2,32,33,34,35). The molecule has 1 unspecified atom stereocenters. The van der Waals surface area contributed by atoms with Crippen molar-refractivity contribution in [3.63, 3.8) is 0 Å². The van der Waals surface area contributed by atoms with Crippen molar-refractivity contribution >= 4 is 40.4 Å². The minimum absolute atomic E-state index is 0.144. The van der Waals surface area contributed by atoms with Crippen molar-refractivity contribution in [1.29, 1.82) is 0 Å². The Bertz CT molecular complexity index is 1300. The Morgan fingerprint density at radius 3 is 2.62 bits per heavy atom. The summed E-state index contributed by atoms with van der Waals surface area (Å²) < 4.78 is 17.0. The largest absolute Gasteiger partial charge is 0.494 e. The van der Waals surface area contributed by atoms with Gasteiger partial charge in [-0.1, -0.05) is 17.7 Å². The molecule has 1 aromatic heterocycles. The highest BCUT2D eigenvalue weighted by Gasteiger charge is 2.22. The number of ether oxygens (including phenoxy) is 3. The molecule has 11 heteroatoms. The molecule has 5 rings (SSSR count). The number of benzene rings is 2. The van der Waals surface area contributed by atoms with Crippen LogP contribution >= 0.6 is 11.6 Å². The summed E-state index contributed by atoms with van der Waals surface area (Å²) >= 11 is 6.49. The third-order valence-electron chi connectivity index (χ3n) is 7.42. The highest BCUT2D eigenvalue weighted by molar-refractivity contribution is 6.33. The van der Waals surface area contributed by atoms with Gasteiger partial charge in [0.25, 0.3) is 0 Å². The van der Waals surface area contributed by atoms with Crippen molar-refractivity contribution in [2.75, 3.05) is 69.2 Å². The van der Waals surface area contributed by atoms with Crippen LogP contribution in [0.3, 0.4) is 0 Å². The number of aromatic nitrogens is 2. The smallest absolute Gasteiger partial charge is 0.229 e. The normalized spacial score (nSPS) is 17.1. The zero-order valence-corrected chi connectivity index (χ0v) is 23.8. The Hall–Kier alpha value is -3.31. The minimum atomic E-state index is 0.144. The summed E-state index contributed by atoms with van der Waals surface area (Å²) in [7, 11) is 3.34. The molecule has 1 saturated heterocycles. The van der Waals surface area contributed by atoms with E-state index in [0.29, 0.717) is 48.3 Å². The Morgan fingerprint density at radius 1 is 1.05 bits per heavy atom. The van der Waals surface area contributed by atoms with Crippen molar-refractivity contribution in [2.45, 2.75) is 31.7 Å². The zero-order chi connectivity index (χ0) is 27.9. The molecule has 1 fully saturated rings. The first-order valence-electron chi connectivity index (χ1n) is 13.7. The van der Waals surface area contributed by atoms with Gasteiger partial charge in [-0.3, -0.25) is 0 Å². The number of halogens is 1. The second kappa shape index (κ2) is 13.4. The van der Waals surface area contributed by atoms with Crippen LogP contribution in [0.15, 0.2) is 36.5 Å². The predicted octanol–water partition coefficient (Wildman–Crippen LogP) is 4.30. The van der Waals surface area contributed by atoms with Crippen molar-refractivity contribution in [3.8, 4) is 11.5 Å². The number of nitrogens with zero attached hydrogens (tertiary/aromatic N) is 3. The third kappa shape index (κ3) is 6.52. The number of methoxy groups -OCH3 is 2. The summed E-state index contributed by atoms with van der Waals surface area (Å²) in [6.45, 7) is 3.87. The lowest BCUT2D eigenvalue weighted by Crippen LogP contribution is -2.36. The molecule has 0 amide bonds. The summed E-state index contributed by atoms with van der Waals surface area (Å²) in [5, 5.41) is 19.6. The monoisotopic (exact) mass is 568 g/mol. The Morgan fingerprint density at radius 2 is 1.85 bits per heavy atom. The number of hydrogen-bond acceptors (Lipinski definition) is 10. The van der Waals surface area contributed by atoms with Gasteiger partial charge in [0.1, 0.15) is 16.5 Å². The van der Waals surface area contributed by atoms with Crippen molar-refractivity contribution < 1.29 is 19.3 Å². The van der Waals surface area contributed by atoms with E-state index in [-0.39, 0.29) is 6.61 Å². The molecule has 3 aromatic rings. The maximum Gasteiger partial charge on any atom is 0.229 e. The average Bonchev–Trinajstić information content (AvgIpc) is 3.20. The summed E-state index contributed by atoms with van der Waals surface area (Å²) in [4.78, 5) is 11.4. The Labute approximate surface area is 240 Å². The second-order valence-corrected chi connectivity index (χ2v) is 10.3. The van der Waals surface area contributed by atoms with E-state index in [1.807, 2.05) is 18.2 Å². The number of nitrogens with one attached hydrogen (secondary N) is 3. The molecule has 0 radical (unpaired) electrons. The molecule has 1 aliphatic heterocycles. The number of aliphatic hydroxyl groups excluding tert-OH is 1. The molecular weight excluding hydrogens is 532 g/mol. The van der Waals surface area contributed by atoms with Gasteiger partial charge < -0.3 is 40.2 Å². The lowest BCUT2D eigenvalue weighted by molar-refractivity contribution is 0.122. The number of fused-ring (bicyclic) bond motifs is 1. The summed E-state index contributed by atoms with van der Waals surface area (Å²) in [6.07, 6.45) is 5.40. The van der Waals surface area contributed by atoms with Crippen LogP contribution in [0.25, 0.3) is 0 Å². The molecule has 2 heterocycles. The summed E-state index contributed by atoms with van der Waals surface area (Å²) in [5.41, 5.74) is 5.09. The van der Waals surface area contributed by atoms with Crippen LogP contribution in [-0.2, 0) is 17.6 Å². The number of aryl methyl sites for hydroxylation is 1. The highest BCUT2D eigenvalue weighted by atomic mass is 35.5. The van der Waals surface area contributed by atoms with Crippen LogP contribution in [0.4, 0.5) is 28.8 Å². The SMILES string of the molecule is COc1cc(N2CCOCC2)ccc1Nc1nc(Nc2ccc3c(c2OC)CCC(NCCO)CC3)ncc1Cl. The first-order valence-corrected chi connectivity index (χ1v) is 14.1. The lowest BCUT2D eigenvalue weighted by Gasteiger charge is -2.29. The van der Waals surface area contributed by atoms with Gasteiger partial charge in [0.2, 0.25) is 5.95 Å². The first kappa shape index (κ1) is 28.2. The molecule has 1 atom stereocenters. The maximum absolute atomic E-state index is 9.18. The molecule has 4 N–H and O–H groups in total. The molecule has 0 bridgehead atoms. The maximum atomic E-state index is 9.18. The number of hydrogen-bond donors (Lipinski definition) is 4. The lowest BCUT2D eigenvalue weighted by atomic mass is 10.0. The van der Waals surface area contributed by atoms with Crippen LogP contribution in [0, 0.1) is 0 Å². The van der Waals surface area contributed by atoms with Gasteiger partial charge in [0, 0.05) is 37.4 Å². The molecule has 2 aliphatic rings. The van der Waals surface area contributed by atoms with E-state index < -0.39 is 0 Å². The molecular formula is C29H37ClN6O4. The minimum Gasteiger partial charge on any atom is -0.494 e.